The standard InChI is InChI=1S/C6H9O/c1-3-4-5-6(2)7/h4-5H,1,3H2,2H3/q-1/b5-4+. The van der Waals surface area contributed by atoms with Crippen LogP contribution in [0.1, 0.15) is 13.3 Å². The number of hydrogen-bond acceptors (Lipinski definition) is 1. The Bertz CT molecular complexity index is 82.2. The van der Waals surface area contributed by atoms with E-state index in [1.165, 1.54) is 13.0 Å². The van der Waals surface area contributed by atoms with Gasteiger partial charge in [0.25, 0.3) is 0 Å². The molecule has 0 saturated carbocycles. The maximum atomic E-state index is 10.1. The summed E-state index contributed by atoms with van der Waals surface area (Å²) in [5, 5.41) is 0. The first-order valence-corrected chi connectivity index (χ1v) is 2.23. The molecule has 0 unspecified atom stereocenters. The number of allylic oxidation sites excluding steroid dienone is 2. The summed E-state index contributed by atoms with van der Waals surface area (Å²) in [6.45, 7) is 5.04. The van der Waals surface area contributed by atoms with Crippen LogP contribution in [0.25, 0.3) is 0 Å². The molecular formula is C6H9O-. The second kappa shape index (κ2) is 3.59. The smallest absolute Gasteiger partial charge is 0.152 e. The van der Waals surface area contributed by atoms with Gasteiger partial charge in [0, 0.05) is 0 Å². The van der Waals surface area contributed by atoms with Gasteiger partial charge in [0.15, 0.2) is 5.78 Å². The molecule has 40 valence electrons. The molecule has 0 aliphatic rings. The summed E-state index contributed by atoms with van der Waals surface area (Å²) in [5.74, 6) is 0.0867. The van der Waals surface area contributed by atoms with E-state index in [0.29, 0.717) is 6.42 Å². The van der Waals surface area contributed by atoms with Crippen molar-refractivity contribution < 1.29 is 4.79 Å². The molecule has 0 N–H and O–H groups in total. The fourth-order valence-corrected chi connectivity index (χ4v) is 0.249. The first-order chi connectivity index (χ1) is 3.27. The molecule has 0 aromatic carbocycles. The molecule has 0 aromatic rings. The van der Waals surface area contributed by atoms with Crippen molar-refractivity contribution >= 4 is 5.78 Å². The van der Waals surface area contributed by atoms with Gasteiger partial charge < -0.3 is 6.92 Å². The average molecular weight is 97.1 g/mol. The van der Waals surface area contributed by atoms with E-state index in [1.807, 2.05) is 0 Å². The van der Waals surface area contributed by atoms with E-state index in [9.17, 15) is 4.79 Å². The van der Waals surface area contributed by atoms with Crippen molar-refractivity contribution in [3.8, 4) is 0 Å². The van der Waals surface area contributed by atoms with Gasteiger partial charge in [0.1, 0.15) is 0 Å². The topological polar surface area (TPSA) is 17.1 Å². The van der Waals surface area contributed by atoms with Crippen LogP contribution in [-0.2, 0) is 4.79 Å². The van der Waals surface area contributed by atoms with Gasteiger partial charge in [-0.3, -0.25) is 4.79 Å². The summed E-state index contributed by atoms with van der Waals surface area (Å²) < 4.78 is 0. The van der Waals surface area contributed by atoms with Crippen LogP contribution in [0.5, 0.6) is 0 Å². The molecule has 0 spiro atoms. The molecule has 0 aliphatic carbocycles. The van der Waals surface area contributed by atoms with Gasteiger partial charge in [-0.05, 0) is 13.0 Å². The predicted molar refractivity (Wildman–Crippen MR) is 29.8 cm³/mol. The van der Waals surface area contributed by atoms with E-state index in [2.05, 4.69) is 6.92 Å². The van der Waals surface area contributed by atoms with Gasteiger partial charge in [-0.25, -0.2) is 0 Å². The van der Waals surface area contributed by atoms with Crippen LogP contribution in [0, 0.1) is 6.92 Å². The highest BCUT2D eigenvalue weighted by atomic mass is 16.1. The highest BCUT2D eigenvalue weighted by Crippen LogP contribution is 1.78. The molecule has 1 nitrogen and oxygen atoms in total. The Morgan fingerprint density at radius 2 is 2.43 bits per heavy atom. The molecule has 0 saturated heterocycles. The normalized spacial score (nSPS) is 10.0. The van der Waals surface area contributed by atoms with Gasteiger partial charge in [-0.2, -0.15) is 6.42 Å². The van der Waals surface area contributed by atoms with Crippen LogP contribution in [0.2, 0.25) is 0 Å². The molecule has 0 fully saturated rings. The van der Waals surface area contributed by atoms with Gasteiger partial charge in [-0.15, -0.1) is 6.08 Å². The zero-order valence-corrected chi connectivity index (χ0v) is 4.48. The number of carbonyl (C=O) groups excluding carboxylic acids is 1. The van der Waals surface area contributed by atoms with Crippen molar-refractivity contribution in [3.63, 3.8) is 0 Å². The minimum absolute atomic E-state index is 0.0867. The lowest BCUT2D eigenvalue weighted by molar-refractivity contribution is -0.112. The van der Waals surface area contributed by atoms with Crippen LogP contribution in [0.4, 0.5) is 0 Å². The van der Waals surface area contributed by atoms with Crippen LogP contribution in [-0.4, -0.2) is 5.78 Å². The molecular weight excluding hydrogens is 88.1 g/mol. The van der Waals surface area contributed by atoms with Crippen LogP contribution < -0.4 is 0 Å². The fourth-order valence-electron chi connectivity index (χ4n) is 0.249. The molecule has 0 heterocycles. The minimum Gasteiger partial charge on any atom is -0.340 e. The summed E-state index contributed by atoms with van der Waals surface area (Å²) in [5.41, 5.74) is 0. The lowest BCUT2D eigenvalue weighted by atomic mass is 10.3. The van der Waals surface area contributed by atoms with E-state index in [4.69, 9.17) is 0 Å². The van der Waals surface area contributed by atoms with Crippen molar-refractivity contribution in [2.24, 2.45) is 0 Å². The fraction of sp³-hybridized carbons (Fsp3) is 0.333. The summed E-state index contributed by atoms with van der Waals surface area (Å²) in [4.78, 5) is 10.1. The highest BCUT2D eigenvalue weighted by Gasteiger charge is 1.74. The monoisotopic (exact) mass is 97.1 g/mol. The average Bonchev–Trinajstić information content (AvgIpc) is 1.61. The van der Waals surface area contributed by atoms with E-state index in [-0.39, 0.29) is 5.78 Å². The molecule has 0 atom stereocenters. The van der Waals surface area contributed by atoms with E-state index < -0.39 is 0 Å². The Kier molecular flexibility index (Phi) is 3.29. The molecule has 7 heavy (non-hydrogen) atoms. The van der Waals surface area contributed by atoms with E-state index in [0.717, 1.165) is 0 Å². The summed E-state index contributed by atoms with van der Waals surface area (Å²) >= 11 is 0. The van der Waals surface area contributed by atoms with Gasteiger partial charge in [0.05, 0.1) is 0 Å². The second-order valence-corrected chi connectivity index (χ2v) is 1.30. The first kappa shape index (κ1) is 6.41. The van der Waals surface area contributed by atoms with Gasteiger partial charge >= 0.3 is 0 Å². The first-order valence-electron chi connectivity index (χ1n) is 2.23. The third-order valence-corrected chi connectivity index (χ3v) is 0.519. The van der Waals surface area contributed by atoms with Gasteiger partial charge in [0.2, 0.25) is 0 Å². The van der Waals surface area contributed by atoms with E-state index in [1.54, 1.807) is 6.08 Å². The molecule has 0 aliphatic heterocycles. The Balaban J connectivity index is 3.26. The second-order valence-electron chi connectivity index (χ2n) is 1.30. The molecule has 0 rings (SSSR count). The summed E-state index contributed by atoms with van der Waals surface area (Å²) in [6.07, 6.45) is 3.95. The molecule has 0 bridgehead atoms. The third-order valence-electron chi connectivity index (χ3n) is 0.519. The molecule has 0 radical (unpaired) electrons. The van der Waals surface area contributed by atoms with Crippen LogP contribution in [0.15, 0.2) is 12.2 Å². The third kappa shape index (κ3) is 5.41. The largest absolute Gasteiger partial charge is 0.340 e. The Labute approximate surface area is 44.0 Å². The molecule has 0 amide bonds. The Morgan fingerprint density at radius 1 is 1.86 bits per heavy atom. The predicted octanol–water partition coefficient (Wildman–Crippen LogP) is 1.36. The zero-order valence-electron chi connectivity index (χ0n) is 4.48. The van der Waals surface area contributed by atoms with Crippen molar-refractivity contribution in [3.05, 3.63) is 19.1 Å². The van der Waals surface area contributed by atoms with Crippen molar-refractivity contribution in [2.45, 2.75) is 13.3 Å². The maximum absolute atomic E-state index is 10.1. The minimum atomic E-state index is 0.0867. The molecule has 1 heteroatoms. The maximum Gasteiger partial charge on any atom is 0.152 e. The van der Waals surface area contributed by atoms with Crippen LogP contribution in [0.3, 0.4) is 0 Å². The highest BCUT2D eigenvalue weighted by molar-refractivity contribution is 5.87. The Hall–Kier alpha value is -0.590. The Morgan fingerprint density at radius 3 is 2.57 bits per heavy atom. The number of ketones is 1. The summed E-state index contributed by atoms with van der Waals surface area (Å²) in [6, 6.07) is 0. The van der Waals surface area contributed by atoms with Crippen LogP contribution >= 0.6 is 0 Å². The lowest BCUT2D eigenvalue weighted by Crippen LogP contribution is -1.77. The van der Waals surface area contributed by atoms with Crippen molar-refractivity contribution in [2.75, 3.05) is 0 Å². The number of hydrogen-bond donors (Lipinski definition) is 0. The summed E-state index contributed by atoms with van der Waals surface area (Å²) in [7, 11) is 0. The molecule has 0 aromatic heterocycles. The quantitative estimate of drug-likeness (QED) is 0.375. The van der Waals surface area contributed by atoms with Gasteiger partial charge in [-0.1, -0.05) is 0 Å². The van der Waals surface area contributed by atoms with E-state index >= 15 is 0 Å². The van der Waals surface area contributed by atoms with Crippen molar-refractivity contribution in [1.82, 2.24) is 0 Å². The van der Waals surface area contributed by atoms with Crippen molar-refractivity contribution in [1.29, 1.82) is 0 Å². The zero-order chi connectivity index (χ0) is 5.70. The SMILES string of the molecule is [CH2-]C/C=C/C(C)=O. The lowest BCUT2D eigenvalue weighted by Gasteiger charge is -1.79. The number of rotatable bonds is 2. The number of carbonyl (C=O) groups is 1.